The Labute approximate surface area is 117 Å². The molecule has 4 nitrogen and oxygen atoms in total. The van der Waals surface area contributed by atoms with E-state index in [0.717, 1.165) is 25.8 Å². The molecule has 3 N–H and O–H groups in total. The molecule has 1 unspecified atom stereocenters. The van der Waals surface area contributed by atoms with Gasteiger partial charge < -0.3 is 5.73 Å². The number of nitrogens with one attached hydrogen (secondary N) is 1. The molecule has 0 spiro atoms. The van der Waals surface area contributed by atoms with Crippen LogP contribution < -0.4 is 11.1 Å². The van der Waals surface area contributed by atoms with Crippen LogP contribution in [0, 0.1) is 5.92 Å². The molecule has 0 saturated carbocycles. The molecule has 1 fully saturated rings. The van der Waals surface area contributed by atoms with E-state index in [1.807, 2.05) is 0 Å². The Bertz CT molecular complexity index is 253. The quantitative estimate of drug-likeness (QED) is 0.526. The Kier molecular flexibility index (Phi) is 11.6. The van der Waals surface area contributed by atoms with Crippen molar-refractivity contribution in [1.29, 1.82) is 0 Å². The molecule has 0 aromatic heterocycles. The molecule has 1 rings (SSSR count). The molecular weight excluding hydrogens is 240 g/mol. The lowest BCUT2D eigenvalue weighted by atomic mass is 9.99. The van der Waals surface area contributed by atoms with Crippen LogP contribution >= 0.6 is 0 Å². The molecule has 1 saturated heterocycles. The van der Waals surface area contributed by atoms with Gasteiger partial charge >= 0.3 is 0 Å². The first kappa shape index (κ1) is 18.1. The third-order valence-corrected chi connectivity index (χ3v) is 3.26. The fourth-order valence-corrected chi connectivity index (χ4v) is 2.01. The number of hydrogen-bond donors (Lipinski definition) is 2. The highest BCUT2D eigenvalue weighted by Crippen LogP contribution is 2.19. The number of carbonyl (C=O) groups is 2. The van der Waals surface area contributed by atoms with Crippen molar-refractivity contribution in [2.24, 2.45) is 11.7 Å². The SMILES string of the molecule is CCCCCCCCC1CC(=O)NC1=O.CCCN. The average molecular weight is 270 g/mol. The van der Waals surface area contributed by atoms with E-state index < -0.39 is 0 Å². The minimum Gasteiger partial charge on any atom is -0.330 e. The van der Waals surface area contributed by atoms with Gasteiger partial charge in [-0.15, -0.1) is 0 Å². The lowest BCUT2D eigenvalue weighted by Gasteiger charge is -2.04. The van der Waals surface area contributed by atoms with Crippen molar-refractivity contribution in [2.75, 3.05) is 6.54 Å². The predicted octanol–water partition coefficient (Wildman–Crippen LogP) is 2.75. The third kappa shape index (κ3) is 9.65. The van der Waals surface area contributed by atoms with Gasteiger partial charge in [0.25, 0.3) is 0 Å². The number of carbonyl (C=O) groups excluding carboxylic acids is 2. The fraction of sp³-hybridized carbons (Fsp3) is 0.867. The van der Waals surface area contributed by atoms with Crippen LogP contribution in [-0.2, 0) is 9.59 Å². The molecule has 4 heteroatoms. The van der Waals surface area contributed by atoms with Crippen LogP contribution in [0.3, 0.4) is 0 Å². The molecule has 1 aliphatic heterocycles. The lowest BCUT2D eigenvalue weighted by molar-refractivity contribution is -0.125. The zero-order valence-electron chi connectivity index (χ0n) is 12.5. The van der Waals surface area contributed by atoms with E-state index in [9.17, 15) is 9.59 Å². The van der Waals surface area contributed by atoms with Crippen LogP contribution in [-0.4, -0.2) is 18.4 Å². The number of rotatable bonds is 8. The summed E-state index contributed by atoms with van der Waals surface area (Å²) in [7, 11) is 0. The maximum atomic E-state index is 11.2. The van der Waals surface area contributed by atoms with Gasteiger partial charge in [-0.2, -0.15) is 0 Å². The summed E-state index contributed by atoms with van der Waals surface area (Å²) in [6.45, 7) is 5.08. The van der Waals surface area contributed by atoms with Gasteiger partial charge in [0.1, 0.15) is 0 Å². The largest absolute Gasteiger partial charge is 0.330 e. The molecule has 0 aromatic rings. The maximum absolute atomic E-state index is 11.2. The smallest absolute Gasteiger partial charge is 0.230 e. The molecule has 19 heavy (non-hydrogen) atoms. The van der Waals surface area contributed by atoms with Crippen LogP contribution in [0.2, 0.25) is 0 Å². The van der Waals surface area contributed by atoms with E-state index in [1.165, 1.54) is 32.1 Å². The first-order valence-electron chi connectivity index (χ1n) is 7.69. The summed E-state index contributed by atoms with van der Waals surface area (Å²) in [5, 5.41) is 2.35. The predicted molar refractivity (Wildman–Crippen MR) is 78.6 cm³/mol. The molecule has 112 valence electrons. The van der Waals surface area contributed by atoms with Crippen molar-refractivity contribution in [2.45, 2.75) is 71.6 Å². The van der Waals surface area contributed by atoms with E-state index in [2.05, 4.69) is 19.2 Å². The number of amides is 2. The molecule has 1 heterocycles. The van der Waals surface area contributed by atoms with Gasteiger partial charge in [-0.3, -0.25) is 14.9 Å². The van der Waals surface area contributed by atoms with E-state index in [0.29, 0.717) is 6.42 Å². The van der Waals surface area contributed by atoms with E-state index >= 15 is 0 Å². The number of unbranched alkanes of at least 4 members (excludes halogenated alkanes) is 5. The molecule has 1 aliphatic rings. The van der Waals surface area contributed by atoms with Crippen LogP contribution in [0.1, 0.15) is 71.6 Å². The van der Waals surface area contributed by atoms with Gasteiger partial charge in [-0.1, -0.05) is 52.4 Å². The summed E-state index contributed by atoms with van der Waals surface area (Å²) in [6, 6.07) is 0. The van der Waals surface area contributed by atoms with Crippen molar-refractivity contribution in [1.82, 2.24) is 5.32 Å². The topological polar surface area (TPSA) is 72.2 Å². The van der Waals surface area contributed by atoms with Gasteiger partial charge in [0.05, 0.1) is 0 Å². The second-order valence-corrected chi connectivity index (χ2v) is 5.16. The van der Waals surface area contributed by atoms with Crippen LogP contribution in [0.15, 0.2) is 0 Å². The van der Waals surface area contributed by atoms with Crippen LogP contribution in [0.5, 0.6) is 0 Å². The summed E-state index contributed by atoms with van der Waals surface area (Å²) in [6.07, 6.45) is 9.79. The zero-order chi connectivity index (χ0) is 14.5. The standard InChI is InChI=1S/C12H21NO2.C3H9N/c1-2-3-4-5-6-7-8-10-9-11(14)13-12(10)15;1-2-3-4/h10H,2-9H2,1H3,(H,13,14,15);2-4H2,1H3. The van der Waals surface area contributed by atoms with Crippen molar-refractivity contribution >= 4 is 11.8 Å². The van der Waals surface area contributed by atoms with Crippen molar-refractivity contribution < 1.29 is 9.59 Å². The fourth-order valence-electron chi connectivity index (χ4n) is 2.01. The highest BCUT2D eigenvalue weighted by Gasteiger charge is 2.29. The monoisotopic (exact) mass is 270 g/mol. The van der Waals surface area contributed by atoms with E-state index in [4.69, 9.17) is 5.73 Å². The summed E-state index contributed by atoms with van der Waals surface area (Å²) >= 11 is 0. The second kappa shape index (κ2) is 12.2. The van der Waals surface area contributed by atoms with Gasteiger partial charge in [-0.05, 0) is 19.4 Å². The number of imide groups is 1. The summed E-state index contributed by atoms with van der Waals surface area (Å²) in [4.78, 5) is 22.1. The molecule has 0 aliphatic carbocycles. The van der Waals surface area contributed by atoms with Gasteiger partial charge in [0.2, 0.25) is 11.8 Å². The van der Waals surface area contributed by atoms with Crippen molar-refractivity contribution in [3.8, 4) is 0 Å². The molecular formula is C15H30N2O2. The highest BCUT2D eigenvalue weighted by atomic mass is 16.2. The molecule has 0 radical (unpaired) electrons. The summed E-state index contributed by atoms with van der Waals surface area (Å²) in [5.41, 5.74) is 5.03. The normalized spacial score (nSPS) is 17.9. The van der Waals surface area contributed by atoms with Crippen molar-refractivity contribution in [3.63, 3.8) is 0 Å². The maximum Gasteiger partial charge on any atom is 0.230 e. The molecule has 1 atom stereocenters. The Morgan fingerprint density at radius 2 is 1.63 bits per heavy atom. The van der Waals surface area contributed by atoms with E-state index in [-0.39, 0.29) is 17.7 Å². The second-order valence-electron chi connectivity index (χ2n) is 5.16. The Balaban J connectivity index is 0.000000711. The average Bonchev–Trinajstić information content (AvgIpc) is 2.72. The first-order chi connectivity index (χ1) is 9.15. The minimum absolute atomic E-state index is 0.0383. The van der Waals surface area contributed by atoms with Crippen LogP contribution in [0.25, 0.3) is 0 Å². The van der Waals surface area contributed by atoms with Crippen molar-refractivity contribution in [3.05, 3.63) is 0 Å². The summed E-state index contributed by atoms with van der Waals surface area (Å²) in [5.74, 6) is -0.201. The molecule has 0 aromatic carbocycles. The zero-order valence-corrected chi connectivity index (χ0v) is 12.5. The third-order valence-electron chi connectivity index (χ3n) is 3.26. The molecule has 0 bridgehead atoms. The van der Waals surface area contributed by atoms with Gasteiger partial charge in [-0.25, -0.2) is 0 Å². The number of nitrogens with two attached hydrogens (primary N) is 1. The van der Waals surface area contributed by atoms with Crippen LogP contribution in [0.4, 0.5) is 0 Å². The Morgan fingerprint density at radius 1 is 1.05 bits per heavy atom. The minimum atomic E-state index is -0.101. The Morgan fingerprint density at radius 3 is 2.11 bits per heavy atom. The van der Waals surface area contributed by atoms with Gasteiger partial charge in [0, 0.05) is 12.3 Å². The molecule has 2 amide bonds. The van der Waals surface area contributed by atoms with E-state index in [1.54, 1.807) is 0 Å². The lowest BCUT2D eigenvalue weighted by Crippen LogP contribution is -2.21. The Hall–Kier alpha value is -0.900. The van der Waals surface area contributed by atoms with Gasteiger partial charge in [0.15, 0.2) is 0 Å². The highest BCUT2D eigenvalue weighted by molar-refractivity contribution is 6.03. The number of hydrogen-bond acceptors (Lipinski definition) is 3. The first-order valence-corrected chi connectivity index (χ1v) is 7.69. The summed E-state index contributed by atoms with van der Waals surface area (Å²) < 4.78 is 0.